The highest BCUT2D eigenvalue weighted by molar-refractivity contribution is 5.20. The quantitative estimate of drug-likeness (QED) is 0.705. The lowest BCUT2D eigenvalue weighted by atomic mass is 10.2. The molecule has 0 spiro atoms. The van der Waals surface area contributed by atoms with E-state index in [4.69, 9.17) is 9.15 Å². The van der Waals surface area contributed by atoms with Crippen molar-refractivity contribution in [1.82, 2.24) is 5.32 Å². The Bertz CT molecular complexity index is 342. The molecule has 1 aliphatic rings. The van der Waals surface area contributed by atoms with Gasteiger partial charge in [0.1, 0.15) is 11.5 Å². The molecule has 1 aromatic heterocycles. The Morgan fingerprint density at radius 1 is 1.47 bits per heavy atom. The predicted octanol–water partition coefficient (Wildman–Crippen LogP) is 3.16. The zero-order chi connectivity index (χ0) is 12.1. The predicted molar refractivity (Wildman–Crippen MR) is 67.9 cm³/mol. The highest BCUT2D eigenvalue weighted by Crippen LogP contribution is 2.21. The number of unbranched alkanes of at least 4 members (excludes halogenated alkanes) is 1. The Morgan fingerprint density at radius 2 is 2.29 bits per heavy atom. The molecule has 3 heteroatoms. The second kappa shape index (κ2) is 6.22. The van der Waals surface area contributed by atoms with E-state index in [2.05, 4.69) is 18.3 Å². The van der Waals surface area contributed by atoms with Gasteiger partial charge in [-0.3, -0.25) is 0 Å². The molecule has 1 N–H and O–H groups in total. The molecule has 17 heavy (non-hydrogen) atoms. The molecule has 0 unspecified atom stereocenters. The molecule has 1 saturated carbocycles. The summed E-state index contributed by atoms with van der Waals surface area (Å²) in [4.78, 5) is 0. The topological polar surface area (TPSA) is 34.4 Å². The molecular formula is C14H23NO2. The van der Waals surface area contributed by atoms with Gasteiger partial charge in [0, 0.05) is 18.2 Å². The molecule has 0 bridgehead atoms. The van der Waals surface area contributed by atoms with Crippen LogP contribution in [0.4, 0.5) is 0 Å². The Labute approximate surface area is 104 Å². The van der Waals surface area contributed by atoms with Gasteiger partial charge in [-0.25, -0.2) is 0 Å². The average Bonchev–Trinajstić information content (AvgIpc) is 3.08. The Kier molecular flexibility index (Phi) is 4.63. The maximum atomic E-state index is 5.71. The molecule has 0 amide bonds. The fourth-order valence-electron chi connectivity index (χ4n) is 1.78. The Morgan fingerprint density at radius 3 is 3.00 bits per heavy atom. The number of hydrogen-bond acceptors (Lipinski definition) is 3. The van der Waals surface area contributed by atoms with Crippen molar-refractivity contribution in [3.8, 4) is 0 Å². The van der Waals surface area contributed by atoms with E-state index in [1.807, 2.05) is 6.92 Å². The first-order valence-corrected chi connectivity index (χ1v) is 6.69. The fourth-order valence-corrected chi connectivity index (χ4v) is 1.78. The first kappa shape index (κ1) is 12.7. The van der Waals surface area contributed by atoms with Crippen LogP contribution in [0.3, 0.4) is 0 Å². The minimum Gasteiger partial charge on any atom is -0.465 e. The summed E-state index contributed by atoms with van der Waals surface area (Å²) in [5.74, 6) is 2.03. The molecule has 1 aliphatic carbocycles. The third-order valence-corrected chi connectivity index (χ3v) is 3.11. The van der Waals surface area contributed by atoms with Crippen LogP contribution in [0.1, 0.15) is 49.7 Å². The van der Waals surface area contributed by atoms with E-state index in [0.29, 0.717) is 6.61 Å². The van der Waals surface area contributed by atoms with Gasteiger partial charge < -0.3 is 14.5 Å². The molecule has 1 fully saturated rings. The van der Waals surface area contributed by atoms with Crippen molar-refractivity contribution in [2.45, 2.75) is 58.7 Å². The summed E-state index contributed by atoms with van der Waals surface area (Å²) in [6, 6.07) is 2.85. The van der Waals surface area contributed by atoms with Crippen molar-refractivity contribution in [3.63, 3.8) is 0 Å². The number of hydrogen-bond donors (Lipinski definition) is 1. The second-order valence-electron chi connectivity index (χ2n) is 4.86. The Hall–Kier alpha value is -0.800. The summed E-state index contributed by atoms with van der Waals surface area (Å²) in [5.41, 5.74) is 1.19. The number of furan rings is 1. The third kappa shape index (κ3) is 4.17. The summed E-state index contributed by atoms with van der Waals surface area (Å²) in [7, 11) is 0. The normalized spacial score (nSPS) is 15.4. The molecule has 0 aliphatic heterocycles. The standard InChI is InChI=1S/C14H23NO2/c1-3-4-7-16-10-12-8-14(17-11(12)2)9-15-13-5-6-13/h8,13,15H,3-7,9-10H2,1-2H3. The monoisotopic (exact) mass is 237 g/mol. The van der Waals surface area contributed by atoms with Crippen molar-refractivity contribution < 1.29 is 9.15 Å². The largest absolute Gasteiger partial charge is 0.465 e. The molecule has 0 aromatic carbocycles. The van der Waals surface area contributed by atoms with Crippen LogP contribution < -0.4 is 5.32 Å². The molecular weight excluding hydrogens is 214 g/mol. The fraction of sp³-hybridized carbons (Fsp3) is 0.714. The van der Waals surface area contributed by atoms with Crippen LogP contribution in [0.5, 0.6) is 0 Å². The number of ether oxygens (including phenoxy) is 1. The molecule has 0 atom stereocenters. The average molecular weight is 237 g/mol. The summed E-state index contributed by atoms with van der Waals surface area (Å²) in [6.45, 7) is 6.56. The van der Waals surface area contributed by atoms with Gasteiger partial charge >= 0.3 is 0 Å². The summed E-state index contributed by atoms with van der Waals surface area (Å²) >= 11 is 0. The Balaban J connectivity index is 1.75. The SMILES string of the molecule is CCCCOCc1cc(CNC2CC2)oc1C. The second-order valence-corrected chi connectivity index (χ2v) is 4.86. The minimum atomic E-state index is 0.679. The smallest absolute Gasteiger partial charge is 0.118 e. The summed E-state index contributed by atoms with van der Waals surface area (Å²) in [6.07, 6.45) is 4.94. The van der Waals surface area contributed by atoms with Crippen LogP contribution in [0, 0.1) is 6.92 Å². The van der Waals surface area contributed by atoms with Crippen molar-refractivity contribution in [1.29, 1.82) is 0 Å². The lowest BCUT2D eigenvalue weighted by Gasteiger charge is -2.00. The molecule has 3 nitrogen and oxygen atoms in total. The van der Waals surface area contributed by atoms with Gasteiger partial charge in [0.2, 0.25) is 0 Å². The van der Waals surface area contributed by atoms with Crippen molar-refractivity contribution in [2.75, 3.05) is 6.61 Å². The third-order valence-electron chi connectivity index (χ3n) is 3.11. The van der Waals surface area contributed by atoms with Crippen LogP contribution in [0.25, 0.3) is 0 Å². The first-order chi connectivity index (χ1) is 8.29. The summed E-state index contributed by atoms with van der Waals surface area (Å²) in [5, 5.41) is 3.46. The molecule has 1 heterocycles. The molecule has 1 aromatic rings. The lowest BCUT2D eigenvalue weighted by molar-refractivity contribution is 0.117. The highest BCUT2D eigenvalue weighted by atomic mass is 16.5. The first-order valence-electron chi connectivity index (χ1n) is 6.69. The van der Waals surface area contributed by atoms with E-state index in [0.717, 1.165) is 37.1 Å². The van der Waals surface area contributed by atoms with Gasteiger partial charge in [-0.15, -0.1) is 0 Å². The molecule has 0 radical (unpaired) electrons. The van der Waals surface area contributed by atoms with E-state index in [1.165, 1.54) is 24.8 Å². The van der Waals surface area contributed by atoms with E-state index in [9.17, 15) is 0 Å². The number of nitrogens with one attached hydrogen (secondary N) is 1. The molecule has 0 saturated heterocycles. The zero-order valence-corrected chi connectivity index (χ0v) is 10.9. The van der Waals surface area contributed by atoms with Gasteiger partial charge in [0.25, 0.3) is 0 Å². The lowest BCUT2D eigenvalue weighted by Crippen LogP contribution is -2.14. The van der Waals surface area contributed by atoms with Gasteiger partial charge in [-0.1, -0.05) is 13.3 Å². The van der Waals surface area contributed by atoms with Gasteiger partial charge in [0.05, 0.1) is 13.2 Å². The van der Waals surface area contributed by atoms with Crippen LogP contribution in [0.2, 0.25) is 0 Å². The van der Waals surface area contributed by atoms with Crippen molar-refractivity contribution in [2.24, 2.45) is 0 Å². The van der Waals surface area contributed by atoms with Crippen molar-refractivity contribution >= 4 is 0 Å². The van der Waals surface area contributed by atoms with Crippen LogP contribution in [-0.4, -0.2) is 12.6 Å². The minimum absolute atomic E-state index is 0.679. The summed E-state index contributed by atoms with van der Waals surface area (Å²) < 4.78 is 11.3. The van der Waals surface area contributed by atoms with Gasteiger partial charge in [-0.2, -0.15) is 0 Å². The van der Waals surface area contributed by atoms with E-state index in [1.54, 1.807) is 0 Å². The molecule has 2 rings (SSSR count). The maximum Gasteiger partial charge on any atom is 0.118 e. The van der Waals surface area contributed by atoms with E-state index >= 15 is 0 Å². The van der Waals surface area contributed by atoms with E-state index < -0.39 is 0 Å². The number of aryl methyl sites for hydroxylation is 1. The molecule has 96 valence electrons. The van der Waals surface area contributed by atoms with Crippen LogP contribution in [-0.2, 0) is 17.9 Å². The highest BCUT2D eigenvalue weighted by Gasteiger charge is 2.20. The van der Waals surface area contributed by atoms with Crippen LogP contribution >= 0.6 is 0 Å². The van der Waals surface area contributed by atoms with Crippen LogP contribution in [0.15, 0.2) is 10.5 Å². The maximum absolute atomic E-state index is 5.71. The van der Waals surface area contributed by atoms with Gasteiger partial charge in [-0.05, 0) is 32.3 Å². The number of rotatable bonds is 8. The van der Waals surface area contributed by atoms with Gasteiger partial charge in [0.15, 0.2) is 0 Å². The zero-order valence-electron chi connectivity index (χ0n) is 10.9. The van der Waals surface area contributed by atoms with E-state index in [-0.39, 0.29) is 0 Å². The van der Waals surface area contributed by atoms with Crippen molar-refractivity contribution in [3.05, 3.63) is 23.2 Å².